The van der Waals surface area contributed by atoms with Crippen LogP contribution in [0.15, 0.2) is 18.2 Å². The monoisotopic (exact) mass is 309 g/mol. The van der Waals surface area contributed by atoms with Gasteiger partial charge in [-0.25, -0.2) is 0 Å². The number of halogens is 3. The molecule has 0 aliphatic carbocycles. The second-order valence-electron chi connectivity index (χ2n) is 3.89. The smallest absolute Gasteiger partial charge is 0.441 e. The van der Waals surface area contributed by atoms with Crippen molar-refractivity contribution in [3.05, 3.63) is 23.8 Å². The van der Waals surface area contributed by atoms with E-state index in [4.69, 9.17) is 9.47 Å². The summed E-state index contributed by atoms with van der Waals surface area (Å²) in [5.74, 6) is 0.875. The van der Waals surface area contributed by atoms with Crippen LogP contribution in [-0.2, 0) is 6.54 Å². The molecule has 0 bridgehead atoms. The summed E-state index contributed by atoms with van der Waals surface area (Å²) in [6.45, 7) is 2.98. The van der Waals surface area contributed by atoms with Crippen molar-refractivity contribution in [1.29, 1.82) is 0 Å². The van der Waals surface area contributed by atoms with Gasteiger partial charge in [-0.2, -0.15) is 13.2 Å². The molecule has 0 amide bonds. The summed E-state index contributed by atoms with van der Waals surface area (Å²) in [5, 5.41) is 3.02. The lowest BCUT2D eigenvalue weighted by molar-refractivity contribution is -0.0329. The zero-order chi connectivity index (χ0) is 15.0. The molecule has 0 radical (unpaired) electrons. The number of rotatable bonds is 8. The first kappa shape index (κ1) is 17.0. The SMILES string of the molecule is CCOc1cc(CNC)ccc1OCCSC(F)(F)F. The zero-order valence-corrected chi connectivity index (χ0v) is 12.2. The maximum Gasteiger partial charge on any atom is 0.441 e. The molecule has 0 heterocycles. The van der Waals surface area contributed by atoms with Gasteiger partial charge in [-0.1, -0.05) is 6.07 Å². The Morgan fingerprint density at radius 2 is 1.95 bits per heavy atom. The highest BCUT2D eigenvalue weighted by Gasteiger charge is 2.27. The molecule has 1 aromatic carbocycles. The number of hydrogen-bond acceptors (Lipinski definition) is 4. The fourth-order valence-electron chi connectivity index (χ4n) is 1.56. The second-order valence-corrected chi connectivity index (χ2v) is 5.05. The van der Waals surface area contributed by atoms with Gasteiger partial charge < -0.3 is 14.8 Å². The maximum absolute atomic E-state index is 12.0. The molecule has 0 aliphatic rings. The molecule has 20 heavy (non-hydrogen) atoms. The number of hydrogen-bond donors (Lipinski definition) is 1. The standard InChI is InChI=1S/C13H18F3NO2S/c1-3-18-12-8-10(9-17-2)4-5-11(12)19-6-7-20-13(14,15)16/h4-5,8,17H,3,6-7,9H2,1-2H3. The van der Waals surface area contributed by atoms with Crippen molar-refractivity contribution in [2.75, 3.05) is 26.0 Å². The van der Waals surface area contributed by atoms with E-state index in [1.165, 1.54) is 0 Å². The van der Waals surface area contributed by atoms with Crippen LogP contribution in [0.25, 0.3) is 0 Å². The predicted octanol–water partition coefficient (Wildman–Crippen LogP) is 3.44. The molecule has 0 spiro atoms. The van der Waals surface area contributed by atoms with Crippen LogP contribution in [0.3, 0.4) is 0 Å². The Kier molecular flexibility index (Phi) is 7.01. The molecule has 0 atom stereocenters. The van der Waals surface area contributed by atoms with Crippen LogP contribution >= 0.6 is 11.8 Å². The van der Waals surface area contributed by atoms with Gasteiger partial charge >= 0.3 is 5.51 Å². The largest absolute Gasteiger partial charge is 0.490 e. The third-order valence-electron chi connectivity index (χ3n) is 2.30. The minimum absolute atomic E-state index is 0.0182. The number of ether oxygens (including phenoxy) is 2. The Balaban J connectivity index is 2.59. The first-order chi connectivity index (χ1) is 9.46. The van der Waals surface area contributed by atoms with E-state index in [0.717, 1.165) is 5.56 Å². The van der Waals surface area contributed by atoms with Gasteiger partial charge in [-0.05, 0) is 43.4 Å². The van der Waals surface area contributed by atoms with E-state index >= 15 is 0 Å². The first-order valence-corrected chi connectivity index (χ1v) is 7.18. The Bertz CT molecular complexity index is 413. The number of benzene rings is 1. The fraction of sp³-hybridized carbons (Fsp3) is 0.538. The van der Waals surface area contributed by atoms with Crippen molar-refractivity contribution in [3.63, 3.8) is 0 Å². The number of thioether (sulfide) groups is 1. The van der Waals surface area contributed by atoms with E-state index in [1.807, 2.05) is 26.1 Å². The van der Waals surface area contributed by atoms with Crippen molar-refractivity contribution in [2.45, 2.75) is 19.0 Å². The summed E-state index contributed by atoms with van der Waals surface area (Å²) >= 11 is -0.0925. The summed E-state index contributed by atoms with van der Waals surface area (Å²) in [7, 11) is 1.83. The quantitative estimate of drug-likeness (QED) is 0.745. The van der Waals surface area contributed by atoms with E-state index in [0.29, 0.717) is 24.7 Å². The zero-order valence-electron chi connectivity index (χ0n) is 11.4. The lowest BCUT2D eigenvalue weighted by Gasteiger charge is -2.13. The minimum atomic E-state index is -4.22. The first-order valence-electron chi connectivity index (χ1n) is 6.20. The van der Waals surface area contributed by atoms with Crippen molar-refractivity contribution >= 4 is 11.8 Å². The molecular weight excluding hydrogens is 291 g/mol. The summed E-state index contributed by atoms with van der Waals surface area (Å²) in [6, 6.07) is 5.40. The van der Waals surface area contributed by atoms with Crippen LogP contribution in [-0.4, -0.2) is 31.5 Å². The highest BCUT2D eigenvalue weighted by molar-refractivity contribution is 8.00. The molecule has 1 aromatic rings. The fourth-order valence-corrected chi connectivity index (χ4v) is 1.96. The van der Waals surface area contributed by atoms with E-state index in [-0.39, 0.29) is 24.1 Å². The molecule has 0 fully saturated rings. The van der Waals surface area contributed by atoms with Crippen molar-refractivity contribution < 1.29 is 22.6 Å². The number of nitrogens with one attached hydrogen (secondary N) is 1. The van der Waals surface area contributed by atoms with Crippen LogP contribution in [0.4, 0.5) is 13.2 Å². The van der Waals surface area contributed by atoms with Crippen molar-refractivity contribution in [3.8, 4) is 11.5 Å². The highest BCUT2D eigenvalue weighted by Crippen LogP contribution is 2.31. The highest BCUT2D eigenvalue weighted by atomic mass is 32.2. The third kappa shape index (κ3) is 6.38. The third-order valence-corrected chi connectivity index (χ3v) is 2.99. The summed E-state index contributed by atoms with van der Waals surface area (Å²) in [6.07, 6.45) is 0. The molecule has 1 rings (SSSR count). The Hall–Kier alpha value is -1.08. The van der Waals surface area contributed by atoms with E-state index < -0.39 is 5.51 Å². The molecule has 3 nitrogen and oxygen atoms in total. The van der Waals surface area contributed by atoms with Crippen LogP contribution in [0, 0.1) is 0 Å². The van der Waals surface area contributed by atoms with Gasteiger partial charge in [0.05, 0.1) is 13.2 Å². The molecule has 0 saturated carbocycles. The molecule has 0 aliphatic heterocycles. The minimum Gasteiger partial charge on any atom is -0.490 e. The van der Waals surface area contributed by atoms with Gasteiger partial charge in [0, 0.05) is 12.3 Å². The van der Waals surface area contributed by atoms with Gasteiger partial charge in [0.1, 0.15) is 0 Å². The van der Waals surface area contributed by atoms with Gasteiger partial charge in [0.2, 0.25) is 0 Å². The number of alkyl halides is 3. The molecule has 0 unspecified atom stereocenters. The average Bonchev–Trinajstić information content (AvgIpc) is 2.36. The molecule has 0 aromatic heterocycles. The van der Waals surface area contributed by atoms with Crippen LogP contribution in [0.2, 0.25) is 0 Å². The van der Waals surface area contributed by atoms with E-state index in [2.05, 4.69) is 5.32 Å². The van der Waals surface area contributed by atoms with Crippen LogP contribution in [0.1, 0.15) is 12.5 Å². The lowest BCUT2D eigenvalue weighted by Crippen LogP contribution is -2.09. The molecule has 7 heteroatoms. The second kappa shape index (κ2) is 8.26. The van der Waals surface area contributed by atoms with Crippen LogP contribution in [0.5, 0.6) is 11.5 Å². The van der Waals surface area contributed by atoms with Crippen LogP contribution < -0.4 is 14.8 Å². The molecule has 0 saturated heterocycles. The Morgan fingerprint density at radius 3 is 2.55 bits per heavy atom. The molecule has 114 valence electrons. The van der Waals surface area contributed by atoms with Gasteiger partial charge in [-0.3, -0.25) is 0 Å². The normalized spacial score (nSPS) is 11.4. The van der Waals surface area contributed by atoms with Gasteiger partial charge in [-0.15, -0.1) is 0 Å². The maximum atomic E-state index is 12.0. The van der Waals surface area contributed by atoms with E-state index in [1.54, 1.807) is 6.07 Å². The average molecular weight is 309 g/mol. The summed E-state index contributed by atoms with van der Waals surface area (Å²) in [5.41, 5.74) is -3.20. The van der Waals surface area contributed by atoms with Gasteiger partial charge in [0.15, 0.2) is 11.5 Å². The van der Waals surface area contributed by atoms with Crippen molar-refractivity contribution in [1.82, 2.24) is 5.32 Å². The predicted molar refractivity (Wildman–Crippen MR) is 74.4 cm³/mol. The molecule has 1 N–H and O–H groups in total. The lowest BCUT2D eigenvalue weighted by atomic mass is 10.2. The van der Waals surface area contributed by atoms with E-state index in [9.17, 15) is 13.2 Å². The topological polar surface area (TPSA) is 30.5 Å². The van der Waals surface area contributed by atoms with Gasteiger partial charge in [0.25, 0.3) is 0 Å². The Morgan fingerprint density at radius 1 is 1.20 bits per heavy atom. The summed E-state index contributed by atoms with van der Waals surface area (Å²) < 4.78 is 46.8. The van der Waals surface area contributed by atoms with Crippen molar-refractivity contribution in [2.24, 2.45) is 0 Å². The Labute approximate surface area is 120 Å². The molecular formula is C13H18F3NO2S. The summed E-state index contributed by atoms with van der Waals surface area (Å²) in [4.78, 5) is 0.